The largest absolute Gasteiger partial charge is 0.396 e. The zero-order chi connectivity index (χ0) is 14.1. The highest BCUT2D eigenvalue weighted by atomic mass is 19.1. The number of benzene rings is 1. The predicted octanol–water partition coefficient (Wildman–Crippen LogP) is 3.67. The molecule has 0 aliphatic rings. The lowest BCUT2D eigenvalue weighted by molar-refractivity contribution is 0.244. The molecule has 0 aliphatic heterocycles. The lowest BCUT2D eigenvalue weighted by Gasteiger charge is -2.22. The van der Waals surface area contributed by atoms with Crippen LogP contribution in [0.15, 0.2) is 24.3 Å². The Labute approximate surface area is 116 Å². The molecule has 0 aliphatic carbocycles. The van der Waals surface area contributed by atoms with Crippen molar-refractivity contribution in [1.29, 1.82) is 0 Å². The Balaban J connectivity index is 2.53. The fourth-order valence-electron chi connectivity index (χ4n) is 2.44. The normalized spacial score (nSPS) is 14.3. The molecule has 108 valence electrons. The first-order valence-electron chi connectivity index (χ1n) is 7.30. The number of aliphatic hydroxyl groups is 1. The summed E-state index contributed by atoms with van der Waals surface area (Å²) in [6.07, 6.45) is 4.09. The van der Waals surface area contributed by atoms with E-state index < -0.39 is 0 Å². The van der Waals surface area contributed by atoms with Gasteiger partial charge < -0.3 is 10.4 Å². The SMILES string of the molecule is CCCC(CCO)CNC(CC)c1ccc(F)cc1. The minimum Gasteiger partial charge on any atom is -0.396 e. The van der Waals surface area contributed by atoms with Crippen LogP contribution < -0.4 is 5.32 Å². The Morgan fingerprint density at radius 1 is 1.16 bits per heavy atom. The van der Waals surface area contributed by atoms with E-state index in [-0.39, 0.29) is 18.5 Å². The van der Waals surface area contributed by atoms with Gasteiger partial charge in [-0.2, -0.15) is 0 Å². The van der Waals surface area contributed by atoms with Crippen LogP contribution in [0.2, 0.25) is 0 Å². The summed E-state index contributed by atoms with van der Waals surface area (Å²) >= 11 is 0. The minimum absolute atomic E-state index is 0.192. The van der Waals surface area contributed by atoms with Gasteiger partial charge in [0.15, 0.2) is 0 Å². The van der Waals surface area contributed by atoms with E-state index in [1.165, 1.54) is 12.1 Å². The van der Waals surface area contributed by atoms with Gasteiger partial charge in [0.2, 0.25) is 0 Å². The summed E-state index contributed by atoms with van der Waals surface area (Å²) in [5.74, 6) is 0.326. The summed E-state index contributed by atoms with van der Waals surface area (Å²) < 4.78 is 12.9. The molecule has 3 heteroatoms. The van der Waals surface area contributed by atoms with Gasteiger partial charge in [-0.05, 0) is 49.4 Å². The Morgan fingerprint density at radius 3 is 2.37 bits per heavy atom. The highest BCUT2D eigenvalue weighted by Crippen LogP contribution is 2.18. The molecule has 0 heterocycles. The van der Waals surface area contributed by atoms with Gasteiger partial charge in [0.1, 0.15) is 5.82 Å². The van der Waals surface area contributed by atoms with E-state index in [9.17, 15) is 4.39 Å². The summed E-state index contributed by atoms with van der Waals surface area (Å²) in [5, 5.41) is 12.6. The third-order valence-corrected chi connectivity index (χ3v) is 3.57. The van der Waals surface area contributed by atoms with Crippen molar-refractivity contribution in [2.45, 2.75) is 45.6 Å². The monoisotopic (exact) mass is 267 g/mol. The van der Waals surface area contributed by atoms with E-state index in [1.807, 2.05) is 12.1 Å². The second-order valence-electron chi connectivity index (χ2n) is 5.09. The van der Waals surface area contributed by atoms with Crippen molar-refractivity contribution < 1.29 is 9.50 Å². The molecule has 0 saturated heterocycles. The number of hydrogen-bond acceptors (Lipinski definition) is 2. The molecular weight excluding hydrogens is 241 g/mol. The molecule has 1 aromatic carbocycles. The van der Waals surface area contributed by atoms with Gasteiger partial charge in [-0.15, -0.1) is 0 Å². The first-order valence-corrected chi connectivity index (χ1v) is 7.30. The van der Waals surface area contributed by atoms with E-state index in [0.717, 1.165) is 37.8 Å². The van der Waals surface area contributed by atoms with Crippen LogP contribution >= 0.6 is 0 Å². The average molecular weight is 267 g/mol. The van der Waals surface area contributed by atoms with E-state index in [4.69, 9.17) is 5.11 Å². The van der Waals surface area contributed by atoms with Gasteiger partial charge in [-0.1, -0.05) is 32.4 Å². The average Bonchev–Trinajstić information content (AvgIpc) is 2.41. The number of halogens is 1. The zero-order valence-corrected chi connectivity index (χ0v) is 12.0. The fraction of sp³-hybridized carbons (Fsp3) is 0.625. The van der Waals surface area contributed by atoms with Crippen LogP contribution in [0.25, 0.3) is 0 Å². The molecule has 0 aromatic heterocycles. The lowest BCUT2D eigenvalue weighted by atomic mass is 9.98. The topological polar surface area (TPSA) is 32.3 Å². The van der Waals surface area contributed by atoms with Crippen molar-refractivity contribution in [3.05, 3.63) is 35.6 Å². The van der Waals surface area contributed by atoms with Crippen LogP contribution in [0, 0.1) is 11.7 Å². The fourth-order valence-corrected chi connectivity index (χ4v) is 2.44. The summed E-state index contributed by atoms with van der Waals surface area (Å²) in [5.41, 5.74) is 1.13. The van der Waals surface area contributed by atoms with E-state index in [0.29, 0.717) is 5.92 Å². The third kappa shape index (κ3) is 5.70. The van der Waals surface area contributed by atoms with Crippen molar-refractivity contribution >= 4 is 0 Å². The smallest absolute Gasteiger partial charge is 0.123 e. The molecule has 2 atom stereocenters. The number of aliphatic hydroxyl groups excluding tert-OH is 1. The molecule has 0 amide bonds. The van der Waals surface area contributed by atoms with Gasteiger partial charge in [0, 0.05) is 12.6 Å². The van der Waals surface area contributed by atoms with Gasteiger partial charge >= 0.3 is 0 Å². The van der Waals surface area contributed by atoms with Gasteiger partial charge in [0.05, 0.1) is 0 Å². The molecule has 0 spiro atoms. The Morgan fingerprint density at radius 2 is 1.84 bits per heavy atom. The highest BCUT2D eigenvalue weighted by molar-refractivity contribution is 5.19. The molecule has 0 bridgehead atoms. The number of nitrogens with one attached hydrogen (secondary N) is 1. The minimum atomic E-state index is -0.192. The molecule has 2 N–H and O–H groups in total. The van der Waals surface area contributed by atoms with Crippen LogP contribution in [0.1, 0.15) is 51.1 Å². The van der Waals surface area contributed by atoms with E-state index in [2.05, 4.69) is 19.2 Å². The van der Waals surface area contributed by atoms with Crippen LogP contribution in [-0.4, -0.2) is 18.3 Å². The van der Waals surface area contributed by atoms with Crippen molar-refractivity contribution in [3.63, 3.8) is 0 Å². The Hall–Kier alpha value is -0.930. The molecular formula is C16H26FNO. The Bertz CT molecular complexity index is 333. The van der Waals surface area contributed by atoms with Crippen LogP contribution in [-0.2, 0) is 0 Å². The maximum atomic E-state index is 12.9. The zero-order valence-electron chi connectivity index (χ0n) is 12.0. The molecule has 0 saturated carbocycles. The molecule has 1 aromatic rings. The maximum absolute atomic E-state index is 12.9. The second kappa shape index (κ2) is 9.05. The van der Waals surface area contributed by atoms with Crippen molar-refractivity contribution in [3.8, 4) is 0 Å². The summed E-state index contributed by atoms with van der Waals surface area (Å²) in [4.78, 5) is 0. The predicted molar refractivity (Wildman–Crippen MR) is 77.5 cm³/mol. The molecule has 19 heavy (non-hydrogen) atoms. The quantitative estimate of drug-likeness (QED) is 0.715. The second-order valence-corrected chi connectivity index (χ2v) is 5.09. The van der Waals surface area contributed by atoms with Gasteiger partial charge in [-0.3, -0.25) is 0 Å². The van der Waals surface area contributed by atoms with E-state index >= 15 is 0 Å². The van der Waals surface area contributed by atoms with Crippen molar-refractivity contribution in [2.75, 3.05) is 13.2 Å². The lowest BCUT2D eigenvalue weighted by Crippen LogP contribution is -2.27. The Kier molecular flexibility index (Phi) is 7.68. The van der Waals surface area contributed by atoms with Crippen LogP contribution in [0.5, 0.6) is 0 Å². The number of rotatable bonds is 9. The summed E-state index contributed by atoms with van der Waals surface area (Å²) in [6, 6.07) is 6.97. The highest BCUT2D eigenvalue weighted by Gasteiger charge is 2.12. The van der Waals surface area contributed by atoms with Gasteiger partial charge in [-0.25, -0.2) is 4.39 Å². The standard InChI is InChI=1S/C16H26FNO/c1-3-5-13(10-11-19)12-18-16(4-2)14-6-8-15(17)9-7-14/h6-9,13,16,18-19H,3-5,10-12H2,1-2H3. The first-order chi connectivity index (χ1) is 9.21. The van der Waals surface area contributed by atoms with Crippen molar-refractivity contribution in [2.24, 2.45) is 5.92 Å². The summed E-state index contributed by atoms with van der Waals surface area (Å²) in [7, 11) is 0. The van der Waals surface area contributed by atoms with Crippen LogP contribution in [0.3, 0.4) is 0 Å². The molecule has 2 nitrogen and oxygen atoms in total. The van der Waals surface area contributed by atoms with E-state index in [1.54, 1.807) is 0 Å². The molecule has 0 radical (unpaired) electrons. The maximum Gasteiger partial charge on any atom is 0.123 e. The van der Waals surface area contributed by atoms with Gasteiger partial charge in [0.25, 0.3) is 0 Å². The molecule has 0 fully saturated rings. The molecule has 1 rings (SSSR count). The number of hydrogen-bond donors (Lipinski definition) is 2. The molecule has 2 unspecified atom stereocenters. The first kappa shape index (κ1) is 16.1. The summed E-state index contributed by atoms with van der Waals surface area (Å²) in [6.45, 7) is 5.45. The van der Waals surface area contributed by atoms with Crippen LogP contribution in [0.4, 0.5) is 4.39 Å². The van der Waals surface area contributed by atoms with Crippen molar-refractivity contribution in [1.82, 2.24) is 5.32 Å². The third-order valence-electron chi connectivity index (χ3n) is 3.57.